The van der Waals surface area contributed by atoms with Gasteiger partial charge in [0, 0.05) is 24.1 Å². The average Bonchev–Trinajstić information content (AvgIpc) is 2.58. The molecule has 0 aliphatic rings. The molecule has 0 aromatic heterocycles. The number of hydrogen-bond acceptors (Lipinski definition) is 5. The first-order chi connectivity index (χ1) is 11.6. The monoisotopic (exact) mass is 365 g/mol. The molecule has 0 spiro atoms. The lowest BCUT2D eigenvalue weighted by atomic mass is 10.2. The zero-order valence-electron chi connectivity index (χ0n) is 12.7. The number of halogens is 1. The van der Waals surface area contributed by atoms with Crippen molar-refractivity contribution in [2.75, 3.05) is 24.2 Å². The molecule has 2 aromatic carbocycles. The van der Waals surface area contributed by atoms with Crippen LogP contribution in [-0.4, -0.2) is 29.7 Å². The number of amides is 1. The maximum atomic E-state index is 11.8. The molecule has 6 nitrogen and oxygen atoms in total. The molecule has 0 atom stereocenters. The van der Waals surface area contributed by atoms with Crippen LogP contribution < -0.4 is 10.6 Å². The zero-order valence-corrected chi connectivity index (χ0v) is 14.3. The van der Waals surface area contributed by atoms with Gasteiger partial charge in [-0.3, -0.25) is 14.9 Å². The summed E-state index contributed by atoms with van der Waals surface area (Å²) in [6.45, 7) is 0.765. The number of nitro benzene ring substituents is 1. The SMILES string of the molecule is O=C(CSc1ccccc1Cl)NCCNc1ccccc1[N+](=O)[O-]. The lowest BCUT2D eigenvalue weighted by Crippen LogP contribution is -2.30. The van der Waals surface area contributed by atoms with E-state index in [0.717, 1.165) is 4.90 Å². The largest absolute Gasteiger partial charge is 0.378 e. The number of para-hydroxylation sites is 2. The van der Waals surface area contributed by atoms with Crippen LogP contribution in [-0.2, 0) is 4.79 Å². The maximum absolute atomic E-state index is 11.8. The van der Waals surface area contributed by atoms with Gasteiger partial charge in [-0.2, -0.15) is 0 Å². The zero-order chi connectivity index (χ0) is 17.4. The Bertz CT molecular complexity index is 727. The molecule has 0 unspecified atom stereocenters. The average molecular weight is 366 g/mol. The number of carbonyl (C=O) groups is 1. The van der Waals surface area contributed by atoms with Crippen molar-refractivity contribution < 1.29 is 9.72 Å². The Labute approximate surface area is 148 Å². The fraction of sp³-hybridized carbons (Fsp3) is 0.188. The third-order valence-corrected chi connectivity index (χ3v) is 4.57. The van der Waals surface area contributed by atoms with Crippen LogP contribution in [0, 0.1) is 10.1 Å². The van der Waals surface area contributed by atoms with Crippen LogP contribution in [0.2, 0.25) is 5.02 Å². The molecule has 0 fully saturated rings. The highest BCUT2D eigenvalue weighted by molar-refractivity contribution is 8.00. The number of benzene rings is 2. The molecule has 0 radical (unpaired) electrons. The van der Waals surface area contributed by atoms with Crippen LogP contribution in [0.4, 0.5) is 11.4 Å². The number of anilines is 1. The molecule has 0 aliphatic heterocycles. The van der Waals surface area contributed by atoms with E-state index in [2.05, 4.69) is 10.6 Å². The summed E-state index contributed by atoms with van der Waals surface area (Å²) in [7, 11) is 0. The normalized spacial score (nSPS) is 10.2. The summed E-state index contributed by atoms with van der Waals surface area (Å²) in [4.78, 5) is 23.1. The highest BCUT2D eigenvalue weighted by Gasteiger charge is 2.11. The van der Waals surface area contributed by atoms with Gasteiger partial charge >= 0.3 is 0 Å². The second-order valence-electron chi connectivity index (χ2n) is 4.77. The summed E-state index contributed by atoms with van der Waals surface area (Å²) in [5, 5.41) is 17.2. The fourth-order valence-corrected chi connectivity index (χ4v) is 3.01. The molecular formula is C16H16ClN3O3S. The number of carbonyl (C=O) groups excluding carboxylic acids is 1. The predicted octanol–water partition coefficient (Wildman–Crippen LogP) is 3.57. The Morgan fingerprint density at radius 3 is 2.58 bits per heavy atom. The van der Waals surface area contributed by atoms with E-state index in [-0.39, 0.29) is 17.3 Å². The van der Waals surface area contributed by atoms with E-state index in [4.69, 9.17) is 11.6 Å². The Morgan fingerprint density at radius 2 is 1.83 bits per heavy atom. The second kappa shape index (κ2) is 9.14. The first-order valence-electron chi connectivity index (χ1n) is 7.19. The molecule has 0 saturated heterocycles. The van der Waals surface area contributed by atoms with Gasteiger partial charge in [-0.1, -0.05) is 35.9 Å². The van der Waals surface area contributed by atoms with Crippen molar-refractivity contribution in [3.8, 4) is 0 Å². The summed E-state index contributed by atoms with van der Waals surface area (Å²) in [5.41, 5.74) is 0.445. The molecule has 2 aromatic rings. The molecule has 0 aliphatic carbocycles. The molecule has 0 heterocycles. The lowest BCUT2D eigenvalue weighted by molar-refractivity contribution is -0.384. The minimum Gasteiger partial charge on any atom is -0.378 e. The number of thioether (sulfide) groups is 1. The van der Waals surface area contributed by atoms with Gasteiger partial charge in [0.25, 0.3) is 5.69 Å². The Hall–Kier alpha value is -2.25. The van der Waals surface area contributed by atoms with Crippen LogP contribution in [0.5, 0.6) is 0 Å². The number of nitrogens with zero attached hydrogens (tertiary/aromatic N) is 1. The predicted molar refractivity (Wildman–Crippen MR) is 96.8 cm³/mol. The van der Waals surface area contributed by atoms with Gasteiger partial charge in [-0.05, 0) is 18.2 Å². The van der Waals surface area contributed by atoms with E-state index >= 15 is 0 Å². The standard InChI is InChI=1S/C16H16ClN3O3S/c17-12-5-1-4-8-15(12)24-11-16(21)19-10-9-18-13-6-2-3-7-14(13)20(22)23/h1-8,18H,9-11H2,(H,19,21). The van der Waals surface area contributed by atoms with Crippen molar-refractivity contribution in [3.05, 3.63) is 63.7 Å². The molecule has 2 N–H and O–H groups in total. The summed E-state index contributed by atoms with van der Waals surface area (Å²) in [6, 6.07) is 13.7. The van der Waals surface area contributed by atoms with Crippen LogP contribution in [0.15, 0.2) is 53.4 Å². The van der Waals surface area contributed by atoms with E-state index in [0.29, 0.717) is 23.8 Å². The van der Waals surface area contributed by atoms with Crippen molar-refractivity contribution in [1.82, 2.24) is 5.32 Å². The minimum absolute atomic E-state index is 0.0121. The highest BCUT2D eigenvalue weighted by Crippen LogP contribution is 2.26. The molecular weight excluding hydrogens is 350 g/mol. The van der Waals surface area contributed by atoms with Gasteiger partial charge in [0.05, 0.1) is 15.7 Å². The minimum atomic E-state index is -0.443. The quantitative estimate of drug-likeness (QED) is 0.323. The van der Waals surface area contributed by atoms with Crippen molar-refractivity contribution in [2.24, 2.45) is 0 Å². The summed E-state index contributed by atoms with van der Waals surface area (Å²) >= 11 is 7.39. The van der Waals surface area contributed by atoms with E-state index < -0.39 is 4.92 Å². The first-order valence-corrected chi connectivity index (χ1v) is 8.55. The first kappa shape index (κ1) is 18.1. The van der Waals surface area contributed by atoms with E-state index in [9.17, 15) is 14.9 Å². The van der Waals surface area contributed by atoms with Gasteiger partial charge < -0.3 is 10.6 Å². The Balaban J connectivity index is 1.72. The van der Waals surface area contributed by atoms with Gasteiger partial charge in [0.15, 0.2) is 0 Å². The Morgan fingerprint density at radius 1 is 1.12 bits per heavy atom. The van der Waals surface area contributed by atoms with Gasteiger partial charge in [0.2, 0.25) is 5.91 Å². The summed E-state index contributed by atoms with van der Waals surface area (Å²) in [6.07, 6.45) is 0. The van der Waals surface area contributed by atoms with Gasteiger partial charge in [-0.25, -0.2) is 0 Å². The molecule has 1 amide bonds. The third kappa shape index (κ3) is 5.43. The fourth-order valence-electron chi connectivity index (χ4n) is 1.94. The van der Waals surface area contributed by atoms with Gasteiger partial charge in [0.1, 0.15) is 5.69 Å². The number of nitro groups is 1. The summed E-state index contributed by atoms with van der Waals surface area (Å²) in [5.74, 6) is 0.138. The van der Waals surface area contributed by atoms with Crippen LogP contribution in [0.25, 0.3) is 0 Å². The molecule has 0 saturated carbocycles. The second-order valence-corrected chi connectivity index (χ2v) is 6.19. The van der Waals surface area contributed by atoms with Crippen molar-refractivity contribution in [2.45, 2.75) is 4.90 Å². The molecule has 0 bridgehead atoms. The third-order valence-electron chi connectivity index (χ3n) is 3.06. The molecule has 24 heavy (non-hydrogen) atoms. The van der Waals surface area contributed by atoms with Crippen LogP contribution >= 0.6 is 23.4 Å². The number of hydrogen-bond donors (Lipinski definition) is 2. The van der Waals surface area contributed by atoms with E-state index in [1.54, 1.807) is 24.3 Å². The molecule has 8 heteroatoms. The topological polar surface area (TPSA) is 84.3 Å². The van der Waals surface area contributed by atoms with Crippen LogP contribution in [0.1, 0.15) is 0 Å². The highest BCUT2D eigenvalue weighted by atomic mass is 35.5. The lowest BCUT2D eigenvalue weighted by Gasteiger charge is -2.08. The van der Waals surface area contributed by atoms with Crippen molar-refractivity contribution >= 4 is 40.6 Å². The van der Waals surface area contributed by atoms with E-state index in [1.165, 1.54) is 17.8 Å². The Kier molecular flexibility index (Phi) is 6.89. The number of rotatable bonds is 8. The van der Waals surface area contributed by atoms with Gasteiger partial charge in [-0.15, -0.1) is 11.8 Å². The summed E-state index contributed by atoms with van der Waals surface area (Å²) < 4.78 is 0. The molecule has 2 rings (SSSR count). The maximum Gasteiger partial charge on any atom is 0.292 e. The number of nitrogens with one attached hydrogen (secondary N) is 2. The van der Waals surface area contributed by atoms with E-state index in [1.807, 2.05) is 18.2 Å². The van der Waals surface area contributed by atoms with Crippen LogP contribution in [0.3, 0.4) is 0 Å². The smallest absolute Gasteiger partial charge is 0.292 e. The molecule has 126 valence electrons. The van der Waals surface area contributed by atoms with Crippen molar-refractivity contribution in [3.63, 3.8) is 0 Å². The van der Waals surface area contributed by atoms with Crippen molar-refractivity contribution in [1.29, 1.82) is 0 Å².